The first kappa shape index (κ1) is 29.8. The van der Waals surface area contributed by atoms with Gasteiger partial charge >= 0.3 is 5.97 Å². The minimum Gasteiger partial charge on any atom is -0.490 e. The predicted octanol–water partition coefficient (Wildman–Crippen LogP) is 6.10. The molecule has 0 unspecified atom stereocenters. The van der Waals surface area contributed by atoms with E-state index in [-0.39, 0.29) is 12.2 Å². The van der Waals surface area contributed by atoms with Gasteiger partial charge in [0, 0.05) is 0 Å². The maximum absolute atomic E-state index is 14.0. The van der Waals surface area contributed by atoms with Crippen LogP contribution in [0.15, 0.2) is 125 Å². The lowest BCUT2D eigenvalue weighted by Gasteiger charge is -2.24. The molecule has 0 radical (unpaired) electrons. The van der Waals surface area contributed by atoms with Gasteiger partial charge in [0.25, 0.3) is 5.56 Å². The molecule has 8 heteroatoms. The second-order valence-corrected chi connectivity index (χ2v) is 11.5. The molecule has 1 atom stereocenters. The van der Waals surface area contributed by atoms with Crippen LogP contribution >= 0.6 is 11.3 Å². The van der Waals surface area contributed by atoms with E-state index >= 15 is 0 Å². The van der Waals surface area contributed by atoms with Crippen molar-refractivity contribution in [1.29, 1.82) is 0 Å². The van der Waals surface area contributed by atoms with E-state index in [1.807, 2.05) is 72.8 Å². The van der Waals surface area contributed by atoms with Crippen molar-refractivity contribution >= 4 is 34.2 Å². The van der Waals surface area contributed by atoms with Crippen LogP contribution < -0.4 is 24.4 Å². The number of rotatable bonds is 10. The Labute approximate surface area is 264 Å². The van der Waals surface area contributed by atoms with E-state index in [1.165, 1.54) is 16.7 Å². The quantitative estimate of drug-likeness (QED) is 0.140. The summed E-state index contributed by atoms with van der Waals surface area (Å²) >= 11 is 1.28. The molecule has 0 spiro atoms. The average molecular weight is 617 g/mol. The SMILES string of the molecule is C=CCOc1ccc([C@@H]2C(C(=O)OCC)=C(C)N=c3s/c(=C\c4cccc(OCc5cccc6ccccc56)c4)c(=O)n32)cc1. The second kappa shape index (κ2) is 13.2. The number of ether oxygens (including phenoxy) is 3. The number of esters is 1. The Balaban J connectivity index is 1.35. The van der Waals surface area contributed by atoms with E-state index in [4.69, 9.17) is 14.2 Å². The zero-order valence-corrected chi connectivity index (χ0v) is 25.9. The highest BCUT2D eigenvalue weighted by molar-refractivity contribution is 7.07. The topological polar surface area (TPSA) is 79.1 Å². The van der Waals surface area contributed by atoms with Crippen molar-refractivity contribution in [1.82, 2.24) is 4.57 Å². The number of aromatic nitrogens is 1. The minimum absolute atomic E-state index is 0.208. The summed E-state index contributed by atoms with van der Waals surface area (Å²) in [6, 6.07) is 28.7. The summed E-state index contributed by atoms with van der Waals surface area (Å²) in [4.78, 5) is 32.4. The van der Waals surface area contributed by atoms with Crippen LogP contribution in [0, 0.1) is 0 Å². The summed E-state index contributed by atoms with van der Waals surface area (Å²) in [7, 11) is 0. The van der Waals surface area contributed by atoms with Crippen LogP contribution in [0.5, 0.6) is 11.5 Å². The largest absolute Gasteiger partial charge is 0.490 e. The Morgan fingerprint density at radius 1 is 0.978 bits per heavy atom. The number of thiazole rings is 1. The summed E-state index contributed by atoms with van der Waals surface area (Å²) in [5.74, 6) is 0.856. The van der Waals surface area contributed by atoms with E-state index in [0.29, 0.717) is 45.3 Å². The van der Waals surface area contributed by atoms with Crippen LogP contribution in [0.25, 0.3) is 16.8 Å². The fraction of sp³-hybridized carbons (Fsp3) is 0.162. The van der Waals surface area contributed by atoms with E-state index in [0.717, 1.165) is 22.1 Å². The molecule has 4 aromatic carbocycles. The van der Waals surface area contributed by atoms with Gasteiger partial charge in [-0.3, -0.25) is 9.36 Å². The summed E-state index contributed by atoms with van der Waals surface area (Å²) in [6.07, 6.45) is 3.50. The molecule has 45 heavy (non-hydrogen) atoms. The van der Waals surface area contributed by atoms with E-state index in [1.54, 1.807) is 24.5 Å². The zero-order chi connectivity index (χ0) is 31.3. The third kappa shape index (κ3) is 6.23. The van der Waals surface area contributed by atoms with Crippen LogP contribution in [-0.4, -0.2) is 23.8 Å². The molecular weight excluding hydrogens is 584 g/mol. The van der Waals surface area contributed by atoms with Crippen LogP contribution in [0.1, 0.15) is 36.6 Å². The summed E-state index contributed by atoms with van der Waals surface area (Å²) in [5, 5.41) is 2.32. The third-order valence-corrected chi connectivity index (χ3v) is 8.49. The highest BCUT2D eigenvalue weighted by atomic mass is 32.1. The molecule has 0 fully saturated rings. The fourth-order valence-corrected chi connectivity index (χ4v) is 6.48. The number of allylic oxidation sites excluding steroid dienone is 1. The summed E-state index contributed by atoms with van der Waals surface area (Å²) < 4.78 is 19.3. The molecule has 2 heterocycles. The molecule has 226 valence electrons. The molecule has 0 aliphatic carbocycles. The van der Waals surface area contributed by atoms with Crippen LogP contribution in [-0.2, 0) is 16.1 Å². The Morgan fingerprint density at radius 3 is 2.56 bits per heavy atom. The highest BCUT2D eigenvalue weighted by Crippen LogP contribution is 2.32. The molecule has 7 nitrogen and oxygen atoms in total. The van der Waals surface area contributed by atoms with Crippen LogP contribution in [0.3, 0.4) is 0 Å². The van der Waals surface area contributed by atoms with Gasteiger partial charge in [-0.1, -0.05) is 90.7 Å². The van der Waals surface area contributed by atoms with Crippen molar-refractivity contribution < 1.29 is 19.0 Å². The monoisotopic (exact) mass is 616 g/mol. The number of nitrogens with zero attached hydrogens (tertiary/aromatic N) is 2. The number of hydrogen-bond donors (Lipinski definition) is 0. The first-order valence-corrected chi connectivity index (χ1v) is 15.5. The van der Waals surface area contributed by atoms with Crippen molar-refractivity contribution in [3.05, 3.63) is 151 Å². The van der Waals surface area contributed by atoms with Gasteiger partial charge in [-0.15, -0.1) is 0 Å². The molecular formula is C37H32N2O5S. The lowest BCUT2D eigenvalue weighted by atomic mass is 9.96. The van der Waals surface area contributed by atoms with E-state index in [2.05, 4.69) is 35.8 Å². The van der Waals surface area contributed by atoms with Crippen molar-refractivity contribution in [3.8, 4) is 11.5 Å². The van der Waals surface area contributed by atoms with Gasteiger partial charge in [-0.05, 0) is 71.7 Å². The van der Waals surface area contributed by atoms with E-state index in [9.17, 15) is 9.59 Å². The minimum atomic E-state index is -0.703. The third-order valence-electron chi connectivity index (χ3n) is 7.51. The van der Waals surface area contributed by atoms with Gasteiger partial charge in [0.05, 0.1) is 28.5 Å². The number of hydrogen-bond acceptors (Lipinski definition) is 7. The highest BCUT2D eigenvalue weighted by Gasteiger charge is 2.33. The zero-order valence-electron chi connectivity index (χ0n) is 25.1. The fourth-order valence-electron chi connectivity index (χ4n) is 5.43. The second-order valence-electron chi connectivity index (χ2n) is 10.5. The van der Waals surface area contributed by atoms with Gasteiger partial charge in [0.15, 0.2) is 4.80 Å². The first-order chi connectivity index (χ1) is 22.0. The predicted molar refractivity (Wildman–Crippen MR) is 177 cm³/mol. The Kier molecular flexibility index (Phi) is 8.75. The molecule has 5 aromatic rings. The molecule has 0 bridgehead atoms. The maximum atomic E-state index is 14.0. The number of fused-ring (bicyclic) bond motifs is 2. The first-order valence-electron chi connectivity index (χ1n) is 14.7. The molecule has 0 saturated heterocycles. The van der Waals surface area contributed by atoms with E-state index < -0.39 is 12.0 Å². The Morgan fingerprint density at radius 2 is 1.76 bits per heavy atom. The molecule has 1 aromatic heterocycles. The average Bonchev–Trinajstić information content (AvgIpc) is 3.36. The van der Waals surface area contributed by atoms with Gasteiger partial charge in [0.1, 0.15) is 24.7 Å². The van der Waals surface area contributed by atoms with Gasteiger partial charge in [0.2, 0.25) is 0 Å². The van der Waals surface area contributed by atoms with Gasteiger partial charge in [-0.25, -0.2) is 9.79 Å². The Hall–Kier alpha value is -5.21. The van der Waals surface area contributed by atoms with Crippen LogP contribution in [0.4, 0.5) is 0 Å². The molecule has 0 amide bonds. The van der Waals surface area contributed by atoms with Crippen molar-refractivity contribution in [2.24, 2.45) is 4.99 Å². The van der Waals surface area contributed by atoms with Gasteiger partial charge < -0.3 is 14.2 Å². The standard InChI is InChI=1S/C37H32N2O5S/c1-4-20-43-29-18-16-27(17-19-29)34-33(36(41)42-5-2)24(3)38-37-39(34)35(40)32(45-37)22-25-10-8-14-30(21-25)44-23-28-13-9-12-26-11-6-7-15-31(26)28/h4,6-19,21-22,34H,1,5,20,23H2,2-3H3/b32-22-/t34-/m1/s1. The van der Waals surface area contributed by atoms with Gasteiger partial charge in [-0.2, -0.15) is 0 Å². The smallest absolute Gasteiger partial charge is 0.338 e. The molecule has 0 N–H and O–H groups in total. The summed E-state index contributed by atoms with van der Waals surface area (Å²) in [6.45, 7) is 8.21. The summed E-state index contributed by atoms with van der Waals surface area (Å²) in [5.41, 5.74) is 3.26. The normalized spacial score (nSPS) is 14.5. The number of carbonyl (C=O) groups is 1. The lowest BCUT2D eigenvalue weighted by Crippen LogP contribution is -2.39. The molecule has 1 aliphatic rings. The molecule has 6 rings (SSSR count). The number of benzene rings is 4. The van der Waals surface area contributed by atoms with Crippen molar-refractivity contribution in [2.45, 2.75) is 26.5 Å². The molecule has 1 aliphatic heterocycles. The van der Waals surface area contributed by atoms with Crippen LogP contribution in [0.2, 0.25) is 0 Å². The molecule has 0 saturated carbocycles. The maximum Gasteiger partial charge on any atom is 0.338 e. The number of carbonyl (C=O) groups excluding carboxylic acids is 1. The van der Waals surface area contributed by atoms with Crippen molar-refractivity contribution in [3.63, 3.8) is 0 Å². The Bertz CT molecular complexity index is 2100. The lowest BCUT2D eigenvalue weighted by molar-refractivity contribution is -0.139. The van der Waals surface area contributed by atoms with Crippen molar-refractivity contribution in [2.75, 3.05) is 13.2 Å².